The van der Waals surface area contributed by atoms with E-state index in [1.165, 1.54) is 0 Å². The van der Waals surface area contributed by atoms with Crippen molar-refractivity contribution in [1.82, 2.24) is 5.32 Å². The fraction of sp³-hybridized carbons (Fsp3) is 0.706. The standard InChI is InChI=1S/C17H27NO4/c1-12-9-14(13(2)22-12)16(3,20)11-18-15(19)10-17(21)7-5-4-6-8-17/h9,20-21H,4-8,10-11H2,1-3H3,(H,18,19). The monoisotopic (exact) mass is 309 g/mol. The molecular formula is C17H27NO4. The molecule has 1 aromatic rings. The third kappa shape index (κ3) is 4.11. The molecule has 1 amide bonds. The van der Waals surface area contributed by atoms with Crippen LogP contribution >= 0.6 is 0 Å². The van der Waals surface area contributed by atoms with Gasteiger partial charge < -0.3 is 19.9 Å². The first-order chi connectivity index (χ1) is 10.2. The zero-order valence-electron chi connectivity index (χ0n) is 13.7. The van der Waals surface area contributed by atoms with Gasteiger partial charge in [-0.15, -0.1) is 0 Å². The third-order valence-corrected chi connectivity index (χ3v) is 4.52. The molecule has 0 aliphatic heterocycles. The van der Waals surface area contributed by atoms with Crippen molar-refractivity contribution in [2.24, 2.45) is 0 Å². The summed E-state index contributed by atoms with van der Waals surface area (Å²) in [5, 5.41) is 23.7. The lowest BCUT2D eigenvalue weighted by Crippen LogP contribution is -2.43. The van der Waals surface area contributed by atoms with Crippen molar-refractivity contribution in [3.63, 3.8) is 0 Å². The summed E-state index contributed by atoms with van der Waals surface area (Å²) in [5.74, 6) is 1.17. The van der Waals surface area contributed by atoms with Crippen molar-refractivity contribution >= 4 is 5.91 Å². The van der Waals surface area contributed by atoms with Crippen molar-refractivity contribution in [3.05, 3.63) is 23.2 Å². The summed E-state index contributed by atoms with van der Waals surface area (Å²) in [4.78, 5) is 12.1. The number of aryl methyl sites for hydroxylation is 2. The molecule has 1 saturated carbocycles. The van der Waals surface area contributed by atoms with Gasteiger partial charge in [-0.25, -0.2) is 0 Å². The Kier molecular flexibility index (Phi) is 4.97. The molecule has 5 nitrogen and oxygen atoms in total. The van der Waals surface area contributed by atoms with E-state index < -0.39 is 11.2 Å². The highest BCUT2D eigenvalue weighted by atomic mass is 16.3. The largest absolute Gasteiger partial charge is 0.466 e. The van der Waals surface area contributed by atoms with E-state index in [1.807, 2.05) is 6.92 Å². The molecule has 2 rings (SSSR count). The first-order valence-electron chi connectivity index (χ1n) is 8.01. The normalized spacial score (nSPS) is 20.4. The molecule has 124 valence electrons. The number of nitrogens with one attached hydrogen (secondary N) is 1. The van der Waals surface area contributed by atoms with Crippen LogP contribution in [0.3, 0.4) is 0 Å². The van der Waals surface area contributed by atoms with E-state index in [-0.39, 0.29) is 18.9 Å². The summed E-state index contributed by atoms with van der Waals surface area (Å²) >= 11 is 0. The van der Waals surface area contributed by atoms with Crippen LogP contribution in [0.4, 0.5) is 0 Å². The Hall–Kier alpha value is -1.33. The fourth-order valence-electron chi connectivity index (χ4n) is 3.28. The number of rotatable bonds is 5. The van der Waals surface area contributed by atoms with Crippen LogP contribution in [-0.2, 0) is 10.4 Å². The van der Waals surface area contributed by atoms with E-state index >= 15 is 0 Å². The lowest BCUT2D eigenvalue weighted by molar-refractivity contribution is -0.128. The molecule has 1 heterocycles. The van der Waals surface area contributed by atoms with Crippen LogP contribution in [0.25, 0.3) is 0 Å². The van der Waals surface area contributed by atoms with Crippen LogP contribution in [0.2, 0.25) is 0 Å². The summed E-state index contributed by atoms with van der Waals surface area (Å²) in [7, 11) is 0. The molecule has 1 aliphatic carbocycles. The van der Waals surface area contributed by atoms with E-state index in [1.54, 1.807) is 19.9 Å². The number of carbonyl (C=O) groups excluding carboxylic acids is 1. The minimum atomic E-state index is -1.19. The van der Waals surface area contributed by atoms with Crippen LogP contribution < -0.4 is 5.32 Å². The van der Waals surface area contributed by atoms with E-state index in [2.05, 4.69) is 5.32 Å². The smallest absolute Gasteiger partial charge is 0.223 e. The molecule has 1 atom stereocenters. The van der Waals surface area contributed by atoms with Gasteiger partial charge in [-0.1, -0.05) is 19.3 Å². The number of hydrogen-bond acceptors (Lipinski definition) is 4. The minimum absolute atomic E-state index is 0.0989. The number of furan rings is 1. The van der Waals surface area contributed by atoms with Gasteiger partial charge in [-0.05, 0) is 39.7 Å². The Labute approximate surface area is 131 Å². The summed E-state index contributed by atoms with van der Waals surface area (Å²) in [6.07, 6.45) is 4.52. The van der Waals surface area contributed by atoms with Gasteiger partial charge >= 0.3 is 0 Å². The number of aliphatic hydroxyl groups is 2. The zero-order valence-corrected chi connectivity index (χ0v) is 13.7. The highest BCUT2D eigenvalue weighted by Gasteiger charge is 2.33. The van der Waals surface area contributed by atoms with Crippen molar-refractivity contribution in [3.8, 4) is 0 Å². The van der Waals surface area contributed by atoms with Crippen molar-refractivity contribution in [2.75, 3.05) is 6.54 Å². The van der Waals surface area contributed by atoms with Crippen LogP contribution in [0.15, 0.2) is 10.5 Å². The lowest BCUT2D eigenvalue weighted by Gasteiger charge is -2.32. The predicted octanol–water partition coefficient (Wildman–Crippen LogP) is 2.31. The molecule has 0 saturated heterocycles. The average molecular weight is 309 g/mol. The van der Waals surface area contributed by atoms with Crippen molar-refractivity contribution in [2.45, 2.75) is 70.5 Å². The molecule has 22 heavy (non-hydrogen) atoms. The molecule has 1 aliphatic rings. The van der Waals surface area contributed by atoms with Gasteiger partial charge in [-0.2, -0.15) is 0 Å². The number of hydrogen-bond donors (Lipinski definition) is 3. The first kappa shape index (κ1) is 17.0. The molecule has 0 aromatic carbocycles. The maximum Gasteiger partial charge on any atom is 0.223 e. The summed E-state index contributed by atoms with van der Waals surface area (Å²) in [5.41, 5.74) is -1.38. The Morgan fingerprint density at radius 3 is 2.55 bits per heavy atom. The minimum Gasteiger partial charge on any atom is -0.466 e. The average Bonchev–Trinajstić information content (AvgIpc) is 2.77. The van der Waals surface area contributed by atoms with Crippen LogP contribution in [0, 0.1) is 13.8 Å². The Balaban J connectivity index is 1.91. The molecule has 0 spiro atoms. The molecular weight excluding hydrogens is 282 g/mol. The van der Waals surface area contributed by atoms with E-state index in [0.717, 1.165) is 25.0 Å². The molecule has 1 fully saturated rings. The highest BCUT2D eigenvalue weighted by Crippen LogP contribution is 2.31. The number of carbonyl (C=O) groups is 1. The topological polar surface area (TPSA) is 82.7 Å². The zero-order chi connectivity index (χ0) is 16.4. The van der Waals surface area contributed by atoms with Gasteiger partial charge in [0.25, 0.3) is 0 Å². The third-order valence-electron chi connectivity index (χ3n) is 4.52. The maximum atomic E-state index is 12.1. The van der Waals surface area contributed by atoms with Crippen molar-refractivity contribution < 1.29 is 19.4 Å². The second kappa shape index (κ2) is 6.42. The van der Waals surface area contributed by atoms with Gasteiger partial charge in [0.15, 0.2) is 0 Å². The molecule has 5 heteroatoms. The molecule has 1 aromatic heterocycles. The molecule has 1 unspecified atom stereocenters. The summed E-state index contributed by atoms with van der Waals surface area (Å²) in [6, 6.07) is 1.79. The fourth-order valence-corrected chi connectivity index (χ4v) is 3.28. The van der Waals surface area contributed by atoms with Crippen LogP contribution in [-0.4, -0.2) is 28.3 Å². The Morgan fingerprint density at radius 1 is 1.36 bits per heavy atom. The summed E-state index contributed by atoms with van der Waals surface area (Å²) < 4.78 is 5.43. The quantitative estimate of drug-likeness (QED) is 0.779. The second-order valence-corrected chi connectivity index (χ2v) is 6.84. The van der Waals surface area contributed by atoms with E-state index in [4.69, 9.17) is 4.42 Å². The van der Waals surface area contributed by atoms with Gasteiger partial charge in [-0.3, -0.25) is 4.79 Å². The molecule has 0 radical (unpaired) electrons. The first-order valence-corrected chi connectivity index (χ1v) is 8.01. The predicted molar refractivity (Wildman–Crippen MR) is 83.4 cm³/mol. The lowest BCUT2D eigenvalue weighted by atomic mass is 9.82. The summed E-state index contributed by atoms with van der Waals surface area (Å²) in [6.45, 7) is 5.37. The van der Waals surface area contributed by atoms with Crippen molar-refractivity contribution in [1.29, 1.82) is 0 Å². The van der Waals surface area contributed by atoms with Gasteiger partial charge in [0.05, 0.1) is 18.6 Å². The Morgan fingerprint density at radius 2 is 2.00 bits per heavy atom. The van der Waals surface area contributed by atoms with Gasteiger partial charge in [0.2, 0.25) is 5.91 Å². The number of amides is 1. The molecule has 3 N–H and O–H groups in total. The molecule has 0 bridgehead atoms. The van der Waals surface area contributed by atoms with Crippen LogP contribution in [0.5, 0.6) is 0 Å². The van der Waals surface area contributed by atoms with E-state index in [0.29, 0.717) is 24.2 Å². The SMILES string of the molecule is Cc1cc(C(C)(O)CNC(=O)CC2(O)CCCCC2)c(C)o1. The maximum absolute atomic E-state index is 12.1. The highest BCUT2D eigenvalue weighted by molar-refractivity contribution is 5.77. The van der Waals surface area contributed by atoms with Gasteiger partial charge in [0.1, 0.15) is 17.1 Å². The second-order valence-electron chi connectivity index (χ2n) is 6.84. The van der Waals surface area contributed by atoms with Gasteiger partial charge in [0, 0.05) is 5.56 Å². The Bertz CT molecular complexity index is 527. The van der Waals surface area contributed by atoms with Crippen LogP contribution in [0.1, 0.15) is 62.5 Å². The van der Waals surface area contributed by atoms with E-state index in [9.17, 15) is 15.0 Å².